The maximum absolute atomic E-state index is 8.36. The summed E-state index contributed by atoms with van der Waals surface area (Å²) in [4.78, 5) is 16.7. The predicted octanol–water partition coefficient (Wildman–Crippen LogP) is -4.07. The van der Waals surface area contributed by atoms with Gasteiger partial charge in [0.1, 0.15) is 0 Å². The molecule has 0 aliphatic heterocycles. The Morgan fingerprint density at radius 2 is 1.00 bits per heavy atom. The molecule has 0 bridgehead atoms. The Balaban J connectivity index is -0.0000000300. The number of hydrogen-bond donors (Lipinski definition) is 2. The summed E-state index contributed by atoms with van der Waals surface area (Å²) in [6.07, 6.45) is 0. The van der Waals surface area contributed by atoms with Crippen LogP contribution in [0.3, 0.4) is 0 Å². The maximum atomic E-state index is 8.36. The van der Waals surface area contributed by atoms with E-state index in [1.807, 2.05) is 0 Å². The van der Waals surface area contributed by atoms with Crippen LogP contribution >= 0.6 is 0 Å². The van der Waals surface area contributed by atoms with Crippen LogP contribution in [0.25, 0.3) is 0 Å². The van der Waals surface area contributed by atoms with E-state index in [4.69, 9.17) is 30.6 Å². The second-order valence-corrected chi connectivity index (χ2v) is 0.476. The zero-order chi connectivity index (χ0) is 7.15. The predicted molar refractivity (Wildman–Crippen MR) is 23.3 cm³/mol. The molecule has 48 valence electrons. The van der Waals surface area contributed by atoms with Crippen molar-refractivity contribution in [3.8, 4) is 0 Å². The van der Waals surface area contributed by atoms with Crippen LogP contribution in [0.1, 0.15) is 0 Å². The zero-order valence-corrected chi connectivity index (χ0v) is 6.15. The number of hydrogen-bond acceptors (Lipinski definition) is 4. The Morgan fingerprint density at radius 3 is 1.00 bits per heavy atom. The fraction of sp³-hybridized carbons (Fsp3) is 0. The third-order valence-corrected chi connectivity index (χ3v) is 0. The van der Waals surface area contributed by atoms with Gasteiger partial charge >= 0.3 is 36.2 Å². The topological polar surface area (TPSA) is 127 Å². The Bertz CT molecular complexity index is 73.7. The Labute approximate surface area is 77.4 Å². The summed E-state index contributed by atoms with van der Waals surface area (Å²) >= 11 is 0. The molecule has 0 atom stereocenters. The molecule has 0 fully saturated rings. The first kappa shape index (κ1) is 22.7. The summed E-state index contributed by atoms with van der Waals surface area (Å²) in [6, 6.07) is 0. The summed E-state index contributed by atoms with van der Waals surface area (Å²) in [5, 5.41) is 27.3. The van der Waals surface area contributed by atoms with Gasteiger partial charge in [0.05, 0.1) is 0 Å². The van der Waals surface area contributed by atoms with Gasteiger partial charge in [-0.25, -0.2) is 0 Å². The third-order valence-electron chi connectivity index (χ3n) is 0. The number of rotatable bonds is 0. The van der Waals surface area contributed by atoms with E-state index in [9.17, 15) is 0 Å². The largest absolute Gasteiger partial charge is 3.00 e. The van der Waals surface area contributed by atoms with Gasteiger partial charge in [-0.05, 0) is 0 Å². The molecule has 0 heterocycles. The quantitative estimate of drug-likeness (QED) is 0.211. The van der Waals surface area contributed by atoms with Gasteiger partial charge in [-0.3, -0.25) is 0 Å². The molecule has 0 aliphatic rings. The van der Waals surface area contributed by atoms with Crippen LogP contribution in [-0.4, -0.2) is 37.9 Å². The van der Waals surface area contributed by atoms with Crippen molar-refractivity contribution in [1.82, 2.24) is 0 Å². The van der Waals surface area contributed by atoms with Crippen LogP contribution in [-0.2, 0) is 0 Å². The molecule has 0 amide bonds. The van der Waals surface area contributed by atoms with Gasteiger partial charge in [-0.15, -0.1) is 20.2 Å². The van der Waals surface area contributed by atoms with Crippen molar-refractivity contribution in [3.05, 3.63) is 20.2 Å². The normalized spacial score (nSPS) is 4.80. The van der Waals surface area contributed by atoms with Crippen LogP contribution in [0.4, 0.5) is 0 Å². The minimum atomic E-state index is -1.50. The Hall–Kier alpha value is -0.470. The van der Waals surface area contributed by atoms with Gasteiger partial charge in [0.25, 0.3) is 10.2 Å². The van der Waals surface area contributed by atoms with Crippen molar-refractivity contribution in [2.45, 2.75) is 0 Å². The van der Waals surface area contributed by atoms with Crippen molar-refractivity contribution in [3.63, 3.8) is 0 Å². The molecular weight excluding hydrogens is 158 g/mol. The molecule has 10 heteroatoms. The van der Waals surface area contributed by atoms with Crippen LogP contribution in [0.5, 0.6) is 0 Å². The Kier molecular flexibility index (Phi) is 35.9. The van der Waals surface area contributed by atoms with E-state index >= 15 is 0 Å². The van der Waals surface area contributed by atoms with Gasteiger partial charge in [-0.1, -0.05) is 0 Å². The molecule has 0 aromatic rings. The second-order valence-electron chi connectivity index (χ2n) is 0.476. The first-order valence-corrected chi connectivity index (χ1v) is 1.13. The van der Waals surface area contributed by atoms with Crippen LogP contribution in [0, 0.1) is 20.2 Å². The van der Waals surface area contributed by atoms with Crippen molar-refractivity contribution in [2.24, 2.45) is 0 Å². The minimum Gasteiger partial charge on any atom is -0.328 e. The van der Waals surface area contributed by atoms with E-state index in [0.717, 1.165) is 0 Å². The molecule has 2 N–H and O–H groups in total. The molecule has 8 nitrogen and oxygen atoms in total. The molecule has 0 aromatic carbocycles. The van der Waals surface area contributed by atoms with Crippen molar-refractivity contribution < 1.29 is 39.4 Å². The Morgan fingerprint density at radius 1 is 1.00 bits per heavy atom. The summed E-state index contributed by atoms with van der Waals surface area (Å²) in [5.41, 5.74) is 0. The van der Waals surface area contributed by atoms with Crippen molar-refractivity contribution >= 4 is 17.4 Å². The van der Waals surface area contributed by atoms with Gasteiger partial charge in [0, 0.05) is 0 Å². The van der Waals surface area contributed by atoms with Crippen LogP contribution in [0.2, 0.25) is 0 Å². The standard InChI is InChI=1S/Al.Li.2HNO3/c;;2*2-1(3)4/h;;2*(H,2,3,4)/q+3;+1;;. The fourth-order valence-electron chi connectivity index (χ4n) is 0. The van der Waals surface area contributed by atoms with Gasteiger partial charge in [0.2, 0.25) is 0 Å². The van der Waals surface area contributed by atoms with E-state index in [0.29, 0.717) is 0 Å². The van der Waals surface area contributed by atoms with Crippen LogP contribution in [0.15, 0.2) is 0 Å². The molecular formula is H2AlLiN2O6+4. The summed E-state index contributed by atoms with van der Waals surface area (Å²) < 4.78 is 0. The minimum absolute atomic E-state index is 0. The number of nitrogens with zero attached hydrogens (tertiary/aromatic N) is 2. The second kappa shape index (κ2) is 15.8. The first-order chi connectivity index (χ1) is 3.46. The molecule has 0 saturated heterocycles. The molecule has 10 heavy (non-hydrogen) atoms. The van der Waals surface area contributed by atoms with E-state index < -0.39 is 10.2 Å². The summed E-state index contributed by atoms with van der Waals surface area (Å²) in [5.74, 6) is 0. The molecule has 0 unspecified atom stereocenters. The van der Waals surface area contributed by atoms with Crippen LogP contribution < -0.4 is 18.9 Å². The first-order valence-electron chi connectivity index (χ1n) is 1.13. The molecule has 0 saturated carbocycles. The zero-order valence-electron chi connectivity index (χ0n) is 5.00. The van der Waals surface area contributed by atoms with E-state index in [1.54, 1.807) is 0 Å². The monoisotopic (exact) mass is 160 g/mol. The van der Waals surface area contributed by atoms with Crippen molar-refractivity contribution in [1.29, 1.82) is 0 Å². The SMILES string of the molecule is O=[N+]([O-])O.O=[N+]([O-])O.[Al+3].[Li+]. The molecule has 0 aromatic heterocycles. The molecule has 0 spiro atoms. The average Bonchev–Trinajstić information content (AvgIpc) is 1.25. The molecule has 0 aliphatic carbocycles. The maximum Gasteiger partial charge on any atom is 3.00 e. The van der Waals surface area contributed by atoms with Gasteiger partial charge in [-0.2, -0.15) is 0 Å². The third kappa shape index (κ3) is 1450. The van der Waals surface area contributed by atoms with Gasteiger partial charge in [0.15, 0.2) is 0 Å². The van der Waals surface area contributed by atoms with E-state index in [-0.39, 0.29) is 36.2 Å². The summed E-state index contributed by atoms with van der Waals surface area (Å²) in [7, 11) is 0. The van der Waals surface area contributed by atoms with E-state index in [2.05, 4.69) is 0 Å². The fourth-order valence-corrected chi connectivity index (χ4v) is 0. The average molecular weight is 160 g/mol. The van der Waals surface area contributed by atoms with Crippen molar-refractivity contribution in [2.75, 3.05) is 0 Å². The molecule has 0 radical (unpaired) electrons. The smallest absolute Gasteiger partial charge is 0.328 e. The molecule has 0 rings (SSSR count). The van der Waals surface area contributed by atoms with Gasteiger partial charge < -0.3 is 10.4 Å². The summed E-state index contributed by atoms with van der Waals surface area (Å²) in [6.45, 7) is 0. The van der Waals surface area contributed by atoms with E-state index in [1.165, 1.54) is 0 Å².